The molecule has 23 heavy (non-hydrogen) atoms. The number of halogens is 2. The number of aromatic carboxylic acids is 1. The Labute approximate surface area is 128 Å². The van der Waals surface area contributed by atoms with Crippen molar-refractivity contribution in [1.82, 2.24) is 0 Å². The Morgan fingerprint density at radius 1 is 1.13 bits per heavy atom. The molecular formula is C17H10F2O4. The molecule has 0 fully saturated rings. The van der Waals surface area contributed by atoms with Gasteiger partial charge in [0.2, 0.25) is 5.43 Å². The van der Waals surface area contributed by atoms with Crippen LogP contribution in [0.3, 0.4) is 0 Å². The van der Waals surface area contributed by atoms with Crippen LogP contribution in [0, 0.1) is 18.6 Å². The van der Waals surface area contributed by atoms with Crippen LogP contribution in [0.1, 0.15) is 15.9 Å². The van der Waals surface area contributed by atoms with Gasteiger partial charge >= 0.3 is 5.97 Å². The molecule has 6 heteroatoms. The molecule has 1 N–H and O–H groups in total. The molecule has 0 bridgehead atoms. The molecule has 0 aliphatic rings. The summed E-state index contributed by atoms with van der Waals surface area (Å²) in [5.41, 5.74) is -0.539. The maximum Gasteiger partial charge on any atom is 0.343 e. The molecule has 116 valence electrons. The number of aryl methyl sites for hydroxylation is 1. The van der Waals surface area contributed by atoms with Gasteiger partial charge in [-0.3, -0.25) is 4.79 Å². The van der Waals surface area contributed by atoms with Gasteiger partial charge < -0.3 is 9.52 Å². The second kappa shape index (κ2) is 5.31. The summed E-state index contributed by atoms with van der Waals surface area (Å²) in [4.78, 5) is 23.9. The molecule has 0 saturated heterocycles. The van der Waals surface area contributed by atoms with Crippen molar-refractivity contribution in [2.75, 3.05) is 0 Å². The summed E-state index contributed by atoms with van der Waals surface area (Å²) in [5.74, 6) is -4.04. The Balaban J connectivity index is 2.45. The van der Waals surface area contributed by atoms with E-state index in [9.17, 15) is 23.5 Å². The van der Waals surface area contributed by atoms with E-state index < -0.39 is 28.6 Å². The maximum absolute atomic E-state index is 13.4. The van der Waals surface area contributed by atoms with Crippen molar-refractivity contribution >= 4 is 16.9 Å². The molecule has 1 aromatic heterocycles. The van der Waals surface area contributed by atoms with Crippen LogP contribution >= 0.6 is 0 Å². The molecule has 0 saturated carbocycles. The van der Waals surface area contributed by atoms with Crippen molar-refractivity contribution in [3.05, 3.63) is 69.4 Å². The largest absolute Gasteiger partial charge is 0.477 e. The Bertz CT molecular complexity index is 1010. The number of carboxylic acid groups (broad SMARTS) is 1. The predicted molar refractivity (Wildman–Crippen MR) is 79.5 cm³/mol. The minimum absolute atomic E-state index is 0.0245. The van der Waals surface area contributed by atoms with Crippen LogP contribution in [-0.4, -0.2) is 11.1 Å². The van der Waals surface area contributed by atoms with E-state index in [0.717, 1.165) is 18.2 Å². The van der Waals surface area contributed by atoms with E-state index in [0.29, 0.717) is 5.56 Å². The summed E-state index contributed by atoms with van der Waals surface area (Å²) >= 11 is 0. The third kappa shape index (κ3) is 2.38. The molecule has 4 nitrogen and oxygen atoms in total. The van der Waals surface area contributed by atoms with Crippen molar-refractivity contribution in [2.45, 2.75) is 6.92 Å². The lowest BCUT2D eigenvalue weighted by atomic mass is 10.0. The zero-order valence-electron chi connectivity index (χ0n) is 11.9. The first-order chi connectivity index (χ1) is 10.9. The number of para-hydroxylation sites is 1. The van der Waals surface area contributed by atoms with Gasteiger partial charge in [-0.15, -0.1) is 0 Å². The fraction of sp³-hybridized carbons (Fsp3) is 0.0588. The zero-order chi connectivity index (χ0) is 16.7. The highest BCUT2D eigenvalue weighted by atomic mass is 19.2. The average molecular weight is 316 g/mol. The number of hydrogen-bond donors (Lipinski definition) is 1. The first-order valence-electron chi connectivity index (χ1n) is 6.65. The molecule has 1 heterocycles. The Morgan fingerprint density at radius 3 is 2.52 bits per heavy atom. The Morgan fingerprint density at radius 2 is 1.87 bits per heavy atom. The fourth-order valence-corrected chi connectivity index (χ4v) is 2.39. The minimum atomic E-state index is -1.50. The van der Waals surface area contributed by atoms with Crippen molar-refractivity contribution < 1.29 is 23.1 Å². The van der Waals surface area contributed by atoms with Crippen molar-refractivity contribution in [3.8, 4) is 11.3 Å². The van der Waals surface area contributed by atoms with E-state index >= 15 is 0 Å². The van der Waals surface area contributed by atoms with Crippen molar-refractivity contribution in [1.29, 1.82) is 0 Å². The summed E-state index contributed by atoms with van der Waals surface area (Å²) in [5, 5.41) is 9.45. The molecule has 3 rings (SSSR count). The first-order valence-corrected chi connectivity index (χ1v) is 6.65. The lowest BCUT2D eigenvalue weighted by molar-refractivity contribution is 0.0694. The monoisotopic (exact) mass is 316 g/mol. The molecule has 0 aliphatic heterocycles. The summed E-state index contributed by atoms with van der Waals surface area (Å²) in [7, 11) is 0. The molecule has 0 amide bonds. The number of carbonyl (C=O) groups is 1. The van der Waals surface area contributed by atoms with Gasteiger partial charge in [0.1, 0.15) is 5.58 Å². The number of hydrogen-bond acceptors (Lipinski definition) is 3. The topological polar surface area (TPSA) is 67.5 Å². The van der Waals surface area contributed by atoms with Gasteiger partial charge in [0.05, 0.1) is 5.39 Å². The van der Waals surface area contributed by atoms with Gasteiger partial charge in [-0.25, -0.2) is 13.6 Å². The zero-order valence-corrected chi connectivity index (χ0v) is 11.9. The minimum Gasteiger partial charge on any atom is -0.477 e. The van der Waals surface area contributed by atoms with E-state index in [1.54, 1.807) is 19.1 Å². The Kier molecular flexibility index (Phi) is 3.44. The maximum atomic E-state index is 13.4. The smallest absolute Gasteiger partial charge is 0.343 e. The van der Waals surface area contributed by atoms with Crippen LogP contribution in [0.2, 0.25) is 0 Å². The number of fused-ring (bicyclic) bond motifs is 1. The molecule has 0 atom stereocenters. The summed E-state index contributed by atoms with van der Waals surface area (Å²) < 4.78 is 32.1. The lowest BCUT2D eigenvalue weighted by Crippen LogP contribution is -2.16. The van der Waals surface area contributed by atoms with Gasteiger partial charge in [0, 0.05) is 5.56 Å². The van der Waals surface area contributed by atoms with Crippen LogP contribution in [0.15, 0.2) is 45.6 Å². The van der Waals surface area contributed by atoms with E-state index in [2.05, 4.69) is 0 Å². The van der Waals surface area contributed by atoms with Crippen LogP contribution < -0.4 is 5.43 Å². The van der Waals surface area contributed by atoms with Gasteiger partial charge in [0.25, 0.3) is 0 Å². The van der Waals surface area contributed by atoms with Crippen LogP contribution in [0.5, 0.6) is 0 Å². The van der Waals surface area contributed by atoms with Crippen LogP contribution in [-0.2, 0) is 0 Å². The van der Waals surface area contributed by atoms with Gasteiger partial charge in [-0.05, 0) is 36.8 Å². The van der Waals surface area contributed by atoms with E-state index in [1.165, 1.54) is 6.07 Å². The third-order valence-corrected chi connectivity index (χ3v) is 3.51. The quantitative estimate of drug-likeness (QED) is 0.782. The SMILES string of the molecule is Cc1cccc2c(=O)c(C(=O)O)c(-c3ccc(F)c(F)c3)oc12. The third-order valence-electron chi connectivity index (χ3n) is 3.51. The predicted octanol–water partition coefficient (Wildman–Crippen LogP) is 3.74. The second-order valence-corrected chi connectivity index (χ2v) is 5.02. The molecule has 0 unspecified atom stereocenters. The molecular weight excluding hydrogens is 306 g/mol. The summed E-state index contributed by atoms with van der Waals surface area (Å²) in [6.45, 7) is 1.70. The Hall–Kier alpha value is -3.02. The van der Waals surface area contributed by atoms with Crippen LogP contribution in [0.4, 0.5) is 8.78 Å². The van der Waals surface area contributed by atoms with Crippen LogP contribution in [0.25, 0.3) is 22.3 Å². The molecule has 0 radical (unpaired) electrons. The van der Waals surface area contributed by atoms with Gasteiger partial charge in [-0.1, -0.05) is 12.1 Å². The summed E-state index contributed by atoms with van der Waals surface area (Å²) in [6.07, 6.45) is 0. The van der Waals surface area contributed by atoms with E-state index in [-0.39, 0.29) is 22.3 Å². The fourth-order valence-electron chi connectivity index (χ4n) is 2.39. The molecule has 0 spiro atoms. The number of benzene rings is 2. The normalized spacial score (nSPS) is 10.9. The second-order valence-electron chi connectivity index (χ2n) is 5.02. The standard InChI is InChI=1S/C17H10F2O4/c1-8-3-2-4-10-14(20)13(17(21)22)16(23-15(8)10)9-5-6-11(18)12(19)7-9/h2-7H,1H3,(H,21,22). The summed E-state index contributed by atoms with van der Waals surface area (Å²) in [6, 6.07) is 7.56. The highest BCUT2D eigenvalue weighted by molar-refractivity contribution is 5.98. The first kappa shape index (κ1) is 14.9. The molecule has 2 aromatic carbocycles. The highest BCUT2D eigenvalue weighted by Gasteiger charge is 2.23. The highest BCUT2D eigenvalue weighted by Crippen LogP contribution is 2.28. The molecule has 0 aliphatic carbocycles. The van der Waals surface area contributed by atoms with Gasteiger partial charge in [0.15, 0.2) is 23.0 Å². The average Bonchev–Trinajstić information content (AvgIpc) is 2.50. The molecule has 3 aromatic rings. The van der Waals surface area contributed by atoms with Crippen molar-refractivity contribution in [2.24, 2.45) is 0 Å². The number of rotatable bonds is 2. The van der Waals surface area contributed by atoms with E-state index in [4.69, 9.17) is 4.42 Å². The number of carboxylic acids is 1. The van der Waals surface area contributed by atoms with E-state index in [1.807, 2.05) is 0 Å². The van der Waals surface area contributed by atoms with Gasteiger partial charge in [-0.2, -0.15) is 0 Å². The van der Waals surface area contributed by atoms with Crippen molar-refractivity contribution in [3.63, 3.8) is 0 Å². The lowest BCUT2D eigenvalue weighted by Gasteiger charge is -2.09.